The van der Waals surface area contributed by atoms with Gasteiger partial charge in [0.05, 0.1) is 0 Å². The van der Waals surface area contributed by atoms with Gasteiger partial charge in [-0.05, 0) is 35.4 Å². The van der Waals surface area contributed by atoms with E-state index in [0.717, 1.165) is 12.1 Å². The van der Waals surface area contributed by atoms with Crippen molar-refractivity contribution in [2.45, 2.75) is 0 Å². The van der Waals surface area contributed by atoms with E-state index >= 15 is 0 Å². The van der Waals surface area contributed by atoms with Gasteiger partial charge in [0.15, 0.2) is 17.5 Å². The largest absolute Gasteiger partial charge is 0.384 e. The molecule has 16 heavy (non-hydrogen) atoms. The summed E-state index contributed by atoms with van der Waals surface area (Å²) in [7, 11) is 0. The van der Waals surface area contributed by atoms with E-state index in [4.69, 9.17) is 5.73 Å². The van der Waals surface area contributed by atoms with Crippen LogP contribution in [0.15, 0.2) is 30.5 Å². The van der Waals surface area contributed by atoms with Gasteiger partial charge in [-0.25, -0.2) is 18.2 Å². The summed E-state index contributed by atoms with van der Waals surface area (Å²) in [6.45, 7) is 0. The molecule has 0 spiro atoms. The quantitative estimate of drug-likeness (QED) is 0.756. The lowest BCUT2D eigenvalue weighted by atomic mass is 10.1. The smallest absolute Gasteiger partial charge is 0.194 e. The summed E-state index contributed by atoms with van der Waals surface area (Å²) in [6, 6.07) is 4.80. The molecule has 2 nitrogen and oxygen atoms in total. The molecule has 2 rings (SSSR count). The second-order valence-corrected chi connectivity index (χ2v) is 3.22. The van der Waals surface area contributed by atoms with Gasteiger partial charge in [0, 0.05) is 6.20 Å². The Hall–Kier alpha value is -2.04. The van der Waals surface area contributed by atoms with Crippen LogP contribution in [0.2, 0.25) is 0 Å². The monoisotopic (exact) mass is 224 g/mol. The van der Waals surface area contributed by atoms with Crippen LogP contribution in [0.1, 0.15) is 0 Å². The van der Waals surface area contributed by atoms with Crippen molar-refractivity contribution in [1.29, 1.82) is 0 Å². The first-order chi connectivity index (χ1) is 7.58. The Kier molecular flexibility index (Phi) is 2.52. The van der Waals surface area contributed by atoms with Crippen molar-refractivity contribution in [2.75, 3.05) is 5.73 Å². The van der Waals surface area contributed by atoms with Crippen molar-refractivity contribution in [2.24, 2.45) is 0 Å². The SMILES string of the molecule is Nc1cc(-c2cc(F)c(F)c(F)c2)ccn1. The number of benzene rings is 1. The second-order valence-electron chi connectivity index (χ2n) is 3.22. The van der Waals surface area contributed by atoms with Gasteiger partial charge < -0.3 is 5.73 Å². The minimum absolute atomic E-state index is 0.213. The van der Waals surface area contributed by atoms with Gasteiger partial charge in [-0.1, -0.05) is 0 Å². The number of hydrogen-bond acceptors (Lipinski definition) is 2. The lowest BCUT2D eigenvalue weighted by molar-refractivity contribution is 0.448. The van der Waals surface area contributed by atoms with Crippen LogP contribution >= 0.6 is 0 Å². The number of rotatable bonds is 1. The highest BCUT2D eigenvalue weighted by Gasteiger charge is 2.11. The van der Waals surface area contributed by atoms with Crippen LogP contribution in [-0.4, -0.2) is 4.98 Å². The zero-order valence-corrected chi connectivity index (χ0v) is 8.05. The number of pyridine rings is 1. The highest BCUT2D eigenvalue weighted by Crippen LogP contribution is 2.24. The standard InChI is InChI=1S/C11H7F3N2/c12-8-3-7(4-9(13)11(8)14)6-1-2-16-10(15)5-6/h1-5H,(H2,15,16). The first-order valence-corrected chi connectivity index (χ1v) is 4.44. The minimum atomic E-state index is -1.48. The molecule has 1 aromatic carbocycles. The van der Waals surface area contributed by atoms with E-state index in [9.17, 15) is 13.2 Å². The highest BCUT2D eigenvalue weighted by atomic mass is 19.2. The van der Waals surface area contributed by atoms with Crippen LogP contribution in [-0.2, 0) is 0 Å². The van der Waals surface area contributed by atoms with Gasteiger partial charge in [-0.3, -0.25) is 0 Å². The lowest BCUT2D eigenvalue weighted by Gasteiger charge is -2.04. The van der Waals surface area contributed by atoms with Crippen molar-refractivity contribution >= 4 is 5.82 Å². The number of hydrogen-bond donors (Lipinski definition) is 1. The van der Waals surface area contributed by atoms with E-state index in [1.807, 2.05) is 0 Å². The number of nitrogen functional groups attached to an aromatic ring is 1. The molecule has 0 saturated heterocycles. The summed E-state index contributed by atoms with van der Waals surface area (Å²) in [5, 5.41) is 0. The molecule has 82 valence electrons. The molecule has 0 atom stereocenters. The Morgan fingerprint density at radius 2 is 1.56 bits per heavy atom. The molecule has 0 aliphatic carbocycles. The van der Waals surface area contributed by atoms with Gasteiger partial charge >= 0.3 is 0 Å². The predicted octanol–water partition coefficient (Wildman–Crippen LogP) is 2.75. The first-order valence-electron chi connectivity index (χ1n) is 4.44. The third-order valence-electron chi connectivity index (χ3n) is 2.10. The van der Waals surface area contributed by atoms with Crippen LogP contribution in [0.25, 0.3) is 11.1 Å². The Morgan fingerprint density at radius 1 is 0.938 bits per heavy atom. The van der Waals surface area contributed by atoms with E-state index in [0.29, 0.717) is 5.56 Å². The van der Waals surface area contributed by atoms with Gasteiger partial charge in [0.1, 0.15) is 5.82 Å². The third kappa shape index (κ3) is 1.84. The average molecular weight is 224 g/mol. The van der Waals surface area contributed by atoms with E-state index < -0.39 is 17.5 Å². The molecule has 2 N–H and O–H groups in total. The zero-order valence-electron chi connectivity index (χ0n) is 8.05. The lowest BCUT2D eigenvalue weighted by Crippen LogP contribution is -1.93. The summed E-state index contributed by atoms with van der Waals surface area (Å²) >= 11 is 0. The fraction of sp³-hybridized carbons (Fsp3) is 0. The maximum absolute atomic E-state index is 13.0. The Balaban J connectivity index is 2.57. The van der Waals surface area contributed by atoms with Crippen LogP contribution in [0.3, 0.4) is 0 Å². The Bertz CT molecular complexity index is 517. The molecule has 0 amide bonds. The molecule has 0 fully saturated rings. The number of nitrogens with zero attached hydrogens (tertiary/aromatic N) is 1. The first kappa shape index (κ1) is 10.5. The molecule has 2 aromatic rings. The molecule has 0 saturated carbocycles. The van der Waals surface area contributed by atoms with Gasteiger partial charge in [0.25, 0.3) is 0 Å². The number of nitrogens with two attached hydrogens (primary N) is 1. The van der Waals surface area contributed by atoms with Crippen LogP contribution in [0.5, 0.6) is 0 Å². The van der Waals surface area contributed by atoms with Gasteiger partial charge in [-0.15, -0.1) is 0 Å². The molecule has 0 aliphatic heterocycles. The summed E-state index contributed by atoms with van der Waals surface area (Å²) in [5.41, 5.74) is 6.12. The van der Waals surface area contributed by atoms with Crippen molar-refractivity contribution < 1.29 is 13.2 Å². The van der Waals surface area contributed by atoms with Gasteiger partial charge in [0.2, 0.25) is 0 Å². The molecule has 0 radical (unpaired) electrons. The zero-order chi connectivity index (χ0) is 11.7. The molecular weight excluding hydrogens is 217 g/mol. The van der Waals surface area contributed by atoms with Crippen molar-refractivity contribution in [1.82, 2.24) is 4.98 Å². The number of aromatic nitrogens is 1. The van der Waals surface area contributed by atoms with Crippen molar-refractivity contribution in [3.63, 3.8) is 0 Å². The second kappa shape index (κ2) is 3.84. The maximum atomic E-state index is 13.0. The average Bonchev–Trinajstić information content (AvgIpc) is 2.25. The normalized spacial score (nSPS) is 10.4. The minimum Gasteiger partial charge on any atom is -0.384 e. The molecule has 0 unspecified atom stereocenters. The highest BCUT2D eigenvalue weighted by molar-refractivity contribution is 5.65. The Morgan fingerprint density at radius 3 is 2.12 bits per heavy atom. The maximum Gasteiger partial charge on any atom is 0.194 e. The Labute approximate surface area is 89.5 Å². The fourth-order valence-electron chi connectivity index (χ4n) is 1.35. The molecular formula is C11H7F3N2. The summed E-state index contributed by atoms with van der Waals surface area (Å²) in [4.78, 5) is 3.74. The topological polar surface area (TPSA) is 38.9 Å². The molecule has 0 bridgehead atoms. The van der Waals surface area contributed by atoms with Crippen LogP contribution in [0, 0.1) is 17.5 Å². The van der Waals surface area contributed by atoms with Crippen LogP contribution < -0.4 is 5.73 Å². The number of halogens is 3. The number of anilines is 1. The fourth-order valence-corrected chi connectivity index (χ4v) is 1.35. The molecule has 0 aliphatic rings. The molecule has 1 heterocycles. The van der Waals surface area contributed by atoms with E-state index in [-0.39, 0.29) is 11.4 Å². The van der Waals surface area contributed by atoms with E-state index in [1.165, 1.54) is 18.3 Å². The van der Waals surface area contributed by atoms with Crippen LogP contribution in [0.4, 0.5) is 19.0 Å². The molecule has 5 heteroatoms. The van der Waals surface area contributed by atoms with Crippen molar-refractivity contribution in [3.05, 3.63) is 47.9 Å². The summed E-state index contributed by atoms with van der Waals surface area (Å²) < 4.78 is 38.6. The van der Waals surface area contributed by atoms with E-state index in [2.05, 4.69) is 4.98 Å². The summed E-state index contributed by atoms with van der Waals surface area (Å²) in [6.07, 6.45) is 1.41. The molecule has 1 aromatic heterocycles. The van der Waals surface area contributed by atoms with Crippen molar-refractivity contribution in [3.8, 4) is 11.1 Å². The third-order valence-corrected chi connectivity index (χ3v) is 2.10. The van der Waals surface area contributed by atoms with Gasteiger partial charge in [-0.2, -0.15) is 0 Å². The summed E-state index contributed by atoms with van der Waals surface area (Å²) in [5.74, 6) is -3.72. The van der Waals surface area contributed by atoms with E-state index in [1.54, 1.807) is 0 Å². The predicted molar refractivity (Wildman–Crippen MR) is 54.0 cm³/mol.